The van der Waals surface area contributed by atoms with E-state index in [1.165, 1.54) is 12.1 Å². The van der Waals surface area contributed by atoms with Gasteiger partial charge >= 0.3 is 5.51 Å². The Hall–Kier alpha value is -1.17. The van der Waals surface area contributed by atoms with Crippen molar-refractivity contribution in [3.8, 4) is 0 Å². The first-order valence-electron chi connectivity index (χ1n) is 5.62. The molecule has 1 heterocycles. The van der Waals surface area contributed by atoms with Crippen molar-refractivity contribution in [1.82, 2.24) is 0 Å². The van der Waals surface area contributed by atoms with E-state index in [0.29, 0.717) is 18.5 Å². The van der Waals surface area contributed by atoms with E-state index in [-0.39, 0.29) is 22.6 Å². The van der Waals surface area contributed by atoms with Crippen LogP contribution in [0.3, 0.4) is 0 Å². The lowest BCUT2D eigenvalue weighted by Gasteiger charge is -2.17. The smallest absolute Gasteiger partial charge is 0.326 e. The maximum Gasteiger partial charge on any atom is 0.446 e. The monoisotopic (exact) mass is 277 g/mol. The van der Waals surface area contributed by atoms with Crippen molar-refractivity contribution in [2.45, 2.75) is 37.1 Å². The van der Waals surface area contributed by atoms with Gasteiger partial charge in [0.15, 0.2) is 0 Å². The molecule has 100 valence electrons. The van der Waals surface area contributed by atoms with Crippen LogP contribution < -0.4 is 5.32 Å². The number of anilines is 1. The number of benzene rings is 1. The van der Waals surface area contributed by atoms with Gasteiger partial charge in [-0.25, -0.2) is 0 Å². The van der Waals surface area contributed by atoms with Gasteiger partial charge in [-0.05, 0) is 35.9 Å². The molecule has 1 amide bonds. The van der Waals surface area contributed by atoms with Crippen LogP contribution >= 0.6 is 11.8 Å². The van der Waals surface area contributed by atoms with Gasteiger partial charge in [-0.15, -0.1) is 0 Å². The third kappa shape index (κ3) is 4.25. The number of fused-ring (bicyclic) bond motifs is 1. The highest BCUT2D eigenvalue weighted by Crippen LogP contribution is 2.38. The Morgan fingerprint density at radius 2 is 1.89 bits per heavy atom. The van der Waals surface area contributed by atoms with Crippen molar-refractivity contribution < 1.29 is 18.0 Å². The highest BCUT2D eigenvalue weighted by atomic mass is 32.2. The number of hydrogen-bond donors (Lipinski definition) is 1. The summed E-state index contributed by atoms with van der Waals surface area (Å²) in [5.74, 6) is -0.151. The van der Waals surface area contributed by atoms with Crippen LogP contribution in [-0.4, -0.2) is 11.4 Å². The first-order chi connectivity index (χ1) is 8.44. The fraction of sp³-hybridized carbons (Fsp3) is 0.417. The van der Waals surface area contributed by atoms with Crippen molar-refractivity contribution in [2.24, 2.45) is 0 Å². The molecule has 0 atom stereocenters. The number of hydrogen-bond acceptors (Lipinski definition) is 2. The van der Waals surface area contributed by atoms with E-state index in [1.54, 1.807) is 6.07 Å². The summed E-state index contributed by atoms with van der Waals surface area (Å²) < 4.78 is 36.4. The molecular weight excluding hydrogens is 263 g/mol. The molecule has 1 aliphatic rings. The zero-order valence-electron chi connectivity index (χ0n) is 10.1. The Morgan fingerprint density at radius 3 is 2.50 bits per heavy atom. The maximum atomic E-state index is 12.1. The zero-order valence-corrected chi connectivity index (χ0v) is 10.9. The van der Waals surface area contributed by atoms with Crippen LogP contribution in [0.5, 0.6) is 0 Å². The quantitative estimate of drug-likeness (QED) is 0.779. The van der Waals surface area contributed by atoms with Gasteiger partial charge in [0, 0.05) is 17.0 Å². The summed E-state index contributed by atoms with van der Waals surface area (Å²) in [6.45, 7) is 4.00. The number of amides is 1. The number of aryl methyl sites for hydroxylation is 1. The van der Waals surface area contributed by atoms with Gasteiger partial charge in [0.05, 0.1) is 0 Å². The number of thioether (sulfide) groups is 1. The summed E-state index contributed by atoms with van der Waals surface area (Å²) in [5, 5.41) is 2.57. The van der Waals surface area contributed by atoms with Gasteiger partial charge in [-0.2, -0.15) is 13.2 Å². The molecule has 1 aromatic carbocycles. The van der Waals surface area contributed by atoms with Crippen molar-refractivity contribution in [3.05, 3.63) is 23.8 Å². The Bertz CT molecular complexity index is 432. The molecule has 2 nitrogen and oxygen atoms in total. The Balaban J connectivity index is 0.000000771. The number of rotatable bonds is 1. The first-order valence-corrected chi connectivity index (χ1v) is 6.44. The summed E-state index contributed by atoms with van der Waals surface area (Å²) in [6, 6.07) is 4.42. The summed E-state index contributed by atoms with van der Waals surface area (Å²) >= 11 is -0.177. The zero-order chi connectivity index (χ0) is 13.8. The van der Waals surface area contributed by atoms with Crippen molar-refractivity contribution in [3.63, 3.8) is 0 Å². The van der Waals surface area contributed by atoms with Gasteiger partial charge in [0.1, 0.15) is 0 Å². The average Bonchev–Trinajstić information content (AvgIpc) is 2.29. The lowest BCUT2D eigenvalue weighted by Crippen LogP contribution is -2.18. The highest BCUT2D eigenvalue weighted by molar-refractivity contribution is 8.00. The topological polar surface area (TPSA) is 29.1 Å². The van der Waals surface area contributed by atoms with Gasteiger partial charge in [0.2, 0.25) is 5.91 Å². The SMILES string of the molecule is CC.O=C1CCc2ccc(SC(F)(F)F)cc2N1. The van der Waals surface area contributed by atoms with Crippen LogP contribution in [0.15, 0.2) is 23.1 Å². The molecule has 0 aliphatic carbocycles. The van der Waals surface area contributed by atoms with E-state index in [1.807, 2.05) is 13.8 Å². The molecule has 2 rings (SSSR count). The molecule has 0 bridgehead atoms. The lowest BCUT2D eigenvalue weighted by atomic mass is 10.0. The third-order valence-corrected chi connectivity index (χ3v) is 2.93. The fourth-order valence-corrected chi connectivity index (χ4v) is 2.13. The largest absolute Gasteiger partial charge is 0.446 e. The van der Waals surface area contributed by atoms with E-state index in [4.69, 9.17) is 0 Å². The number of carbonyl (C=O) groups is 1. The minimum Gasteiger partial charge on any atom is -0.326 e. The Morgan fingerprint density at radius 1 is 1.22 bits per heavy atom. The molecule has 0 unspecified atom stereocenters. The second kappa shape index (κ2) is 6.13. The van der Waals surface area contributed by atoms with Gasteiger partial charge in [0.25, 0.3) is 0 Å². The summed E-state index contributed by atoms with van der Waals surface area (Å²) in [6.07, 6.45) is 0.969. The van der Waals surface area contributed by atoms with Gasteiger partial charge in [-0.3, -0.25) is 4.79 Å². The molecule has 0 saturated carbocycles. The third-order valence-electron chi connectivity index (χ3n) is 2.21. The van der Waals surface area contributed by atoms with Crippen LogP contribution in [0.2, 0.25) is 0 Å². The molecule has 1 aliphatic heterocycles. The number of carbonyl (C=O) groups excluding carboxylic acids is 1. The predicted molar refractivity (Wildman–Crippen MR) is 66.7 cm³/mol. The van der Waals surface area contributed by atoms with E-state index in [0.717, 1.165) is 5.56 Å². The van der Waals surface area contributed by atoms with Crippen molar-refractivity contribution >= 4 is 23.4 Å². The summed E-state index contributed by atoms with van der Waals surface area (Å²) in [5.41, 5.74) is -2.93. The highest BCUT2D eigenvalue weighted by Gasteiger charge is 2.29. The molecule has 0 aromatic heterocycles. The van der Waals surface area contributed by atoms with Gasteiger partial charge < -0.3 is 5.32 Å². The van der Waals surface area contributed by atoms with E-state index >= 15 is 0 Å². The second-order valence-electron chi connectivity index (χ2n) is 3.41. The standard InChI is InChI=1S/C10H8F3NOS.C2H6/c11-10(12,13)16-7-3-1-6-2-4-9(15)14-8(6)5-7;1-2/h1,3,5H,2,4H2,(H,14,15);1-2H3. The lowest BCUT2D eigenvalue weighted by molar-refractivity contribution is -0.116. The molecule has 0 fully saturated rings. The predicted octanol–water partition coefficient (Wildman–Crippen LogP) is 4.21. The van der Waals surface area contributed by atoms with Crippen molar-refractivity contribution in [1.29, 1.82) is 0 Å². The van der Waals surface area contributed by atoms with Crippen LogP contribution in [-0.2, 0) is 11.2 Å². The molecule has 18 heavy (non-hydrogen) atoms. The molecule has 1 N–H and O–H groups in total. The normalized spacial score (nSPS) is 14.2. The number of halogens is 3. The summed E-state index contributed by atoms with van der Waals surface area (Å²) in [4.78, 5) is 11.2. The van der Waals surface area contributed by atoms with Crippen LogP contribution in [0.25, 0.3) is 0 Å². The second-order valence-corrected chi connectivity index (χ2v) is 4.55. The van der Waals surface area contributed by atoms with Gasteiger partial charge in [-0.1, -0.05) is 19.9 Å². The first kappa shape index (κ1) is 14.9. The van der Waals surface area contributed by atoms with Crippen LogP contribution in [0, 0.1) is 0 Å². The minimum absolute atomic E-state index is 0.0912. The van der Waals surface area contributed by atoms with Crippen LogP contribution in [0.4, 0.5) is 18.9 Å². The minimum atomic E-state index is -4.30. The molecule has 0 spiro atoms. The molecule has 1 aromatic rings. The van der Waals surface area contributed by atoms with E-state index in [2.05, 4.69) is 5.32 Å². The Kier molecular flexibility index (Phi) is 5.07. The van der Waals surface area contributed by atoms with Crippen molar-refractivity contribution in [2.75, 3.05) is 5.32 Å². The molecule has 6 heteroatoms. The number of nitrogens with one attached hydrogen (secondary N) is 1. The average molecular weight is 277 g/mol. The molecule has 0 radical (unpaired) electrons. The maximum absolute atomic E-state index is 12.1. The number of alkyl halides is 3. The van der Waals surface area contributed by atoms with Crippen LogP contribution in [0.1, 0.15) is 25.8 Å². The van der Waals surface area contributed by atoms with E-state index in [9.17, 15) is 18.0 Å². The molecule has 0 saturated heterocycles. The summed E-state index contributed by atoms with van der Waals surface area (Å²) in [7, 11) is 0. The molecular formula is C12H14F3NOS. The Labute approximate surface area is 108 Å². The van der Waals surface area contributed by atoms with E-state index < -0.39 is 5.51 Å². The fourth-order valence-electron chi connectivity index (χ4n) is 1.55.